The Balaban J connectivity index is 2.67. The summed E-state index contributed by atoms with van der Waals surface area (Å²) in [5.74, 6) is 0.811. The first kappa shape index (κ1) is 11.1. The van der Waals surface area contributed by atoms with Gasteiger partial charge in [0.15, 0.2) is 6.04 Å². The fourth-order valence-corrected chi connectivity index (χ4v) is 2.03. The van der Waals surface area contributed by atoms with Crippen LogP contribution < -0.4 is 0 Å². The van der Waals surface area contributed by atoms with Crippen molar-refractivity contribution < 1.29 is 14.6 Å². The number of carbonyl (C=O) groups excluding carboxylic acids is 1. The van der Waals surface area contributed by atoms with Crippen LogP contribution in [0.5, 0.6) is 0 Å². The second-order valence-electron chi connectivity index (χ2n) is 2.81. The lowest BCUT2D eigenvalue weighted by Gasteiger charge is -2.17. The number of esters is 1. The van der Waals surface area contributed by atoms with Crippen LogP contribution in [0.3, 0.4) is 0 Å². The van der Waals surface area contributed by atoms with Crippen molar-refractivity contribution in [3.8, 4) is 0 Å². The quantitative estimate of drug-likeness (QED) is 0.567. The third kappa shape index (κ3) is 2.77. The number of nitrogens with zero attached hydrogens (tertiary/aromatic N) is 1. The monoisotopic (exact) mass is 215 g/mol. The van der Waals surface area contributed by atoms with E-state index in [-0.39, 0.29) is 11.7 Å². The summed E-state index contributed by atoms with van der Waals surface area (Å²) in [5, 5.41) is 9.12. The molecule has 4 nitrogen and oxygen atoms in total. The van der Waals surface area contributed by atoms with Crippen molar-refractivity contribution in [1.29, 1.82) is 0 Å². The first-order valence-electron chi connectivity index (χ1n) is 4.34. The highest BCUT2D eigenvalue weighted by molar-refractivity contribution is 8.00. The highest BCUT2D eigenvalue weighted by Crippen LogP contribution is 2.16. The Morgan fingerprint density at radius 3 is 3.14 bits per heavy atom. The van der Waals surface area contributed by atoms with Gasteiger partial charge in [-0.15, -0.1) is 0 Å². The lowest BCUT2D eigenvalue weighted by atomic mass is 10.3. The molecule has 0 aromatic carbocycles. The predicted octanol–water partition coefficient (Wildman–Crippen LogP) is 1.18. The number of aliphatic imine (C=N–C) groups is 1. The zero-order chi connectivity index (χ0) is 10.6. The Morgan fingerprint density at radius 1 is 1.86 bits per heavy atom. The van der Waals surface area contributed by atoms with Crippen molar-refractivity contribution in [2.45, 2.75) is 13.0 Å². The van der Waals surface area contributed by atoms with Gasteiger partial charge in [-0.3, -0.25) is 4.99 Å². The Labute approximate surface area is 87.1 Å². The molecule has 1 atom stereocenters. The van der Waals surface area contributed by atoms with E-state index in [1.54, 1.807) is 18.7 Å². The average Bonchev–Trinajstić information content (AvgIpc) is 2.18. The van der Waals surface area contributed by atoms with Gasteiger partial charge in [0.25, 0.3) is 0 Å². The van der Waals surface area contributed by atoms with Crippen molar-refractivity contribution in [1.82, 2.24) is 0 Å². The highest BCUT2D eigenvalue weighted by atomic mass is 32.2. The van der Waals surface area contributed by atoms with E-state index in [9.17, 15) is 4.79 Å². The normalized spacial score (nSPS) is 21.2. The molecule has 0 aromatic rings. The minimum atomic E-state index is -0.493. The molecular weight excluding hydrogens is 202 g/mol. The number of allylic oxidation sites excluding steroid dienone is 1. The molecule has 14 heavy (non-hydrogen) atoms. The predicted molar refractivity (Wildman–Crippen MR) is 56.9 cm³/mol. The van der Waals surface area contributed by atoms with Crippen LogP contribution in [0.2, 0.25) is 0 Å². The average molecular weight is 215 g/mol. The summed E-state index contributed by atoms with van der Waals surface area (Å²) in [5.41, 5.74) is 0.485. The topological polar surface area (TPSA) is 58.9 Å². The Morgan fingerprint density at radius 2 is 2.57 bits per heavy atom. The van der Waals surface area contributed by atoms with Crippen molar-refractivity contribution in [3.05, 3.63) is 12.3 Å². The van der Waals surface area contributed by atoms with Crippen LogP contribution in [0.1, 0.15) is 6.92 Å². The van der Waals surface area contributed by atoms with E-state index in [2.05, 4.69) is 11.6 Å². The lowest BCUT2D eigenvalue weighted by molar-refractivity contribution is -0.143. The van der Waals surface area contributed by atoms with E-state index >= 15 is 0 Å². The zero-order valence-corrected chi connectivity index (χ0v) is 8.84. The lowest BCUT2D eigenvalue weighted by Crippen LogP contribution is -2.30. The zero-order valence-electron chi connectivity index (χ0n) is 8.02. The van der Waals surface area contributed by atoms with Gasteiger partial charge in [-0.25, -0.2) is 4.79 Å². The van der Waals surface area contributed by atoms with Crippen molar-refractivity contribution >= 4 is 23.4 Å². The van der Waals surface area contributed by atoms with Crippen LogP contribution in [0, 0.1) is 0 Å². The molecule has 0 bridgehead atoms. The third-order valence-corrected chi connectivity index (χ3v) is 2.75. The molecule has 1 aliphatic heterocycles. The van der Waals surface area contributed by atoms with Gasteiger partial charge in [0.05, 0.1) is 12.3 Å². The highest BCUT2D eigenvalue weighted by Gasteiger charge is 2.24. The Kier molecular flexibility index (Phi) is 4.00. The van der Waals surface area contributed by atoms with Crippen LogP contribution in [0.15, 0.2) is 17.3 Å². The number of hydrogen-bond donors (Lipinski definition) is 1. The van der Waals surface area contributed by atoms with Gasteiger partial charge in [-0.1, -0.05) is 6.58 Å². The number of carbonyl (C=O) groups is 1. The van der Waals surface area contributed by atoms with Crippen molar-refractivity contribution in [2.75, 3.05) is 18.1 Å². The van der Waals surface area contributed by atoms with Gasteiger partial charge in [0, 0.05) is 11.5 Å². The maximum Gasteiger partial charge on any atom is 0.331 e. The maximum absolute atomic E-state index is 11.3. The van der Waals surface area contributed by atoms with Crippen LogP contribution in [0.25, 0.3) is 0 Å². The van der Waals surface area contributed by atoms with Gasteiger partial charge < -0.3 is 9.84 Å². The summed E-state index contributed by atoms with van der Waals surface area (Å²) in [6.45, 7) is 5.48. The molecular formula is C9H13NO3S. The largest absolute Gasteiger partial charge is 0.507 e. The van der Waals surface area contributed by atoms with Gasteiger partial charge in [-0.2, -0.15) is 11.8 Å². The molecule has 5 heteroatoms. The molecule has 0 spiro atoms. The second-order valence-corrected chi connectivity index (χ2v) is 3.84. The smallest absolute Gasteiger partial charge is 0.331 e. The van der Waals surface area contributed by atoms with E-state index in [0.717, 1.165) is 0 Å². The van der Waals surface area contributed by atoms with E-state index in [1.165, 1.54) is 0 Å². The second kappa shape index (κ2) is 5.05. The molecule has 0 unspecified atom stereocenters. The first-order chi connectivity index (χ1) is 6.65. The fraction of sp³-hybridized carbons (Fsp3) is 0.556. The van der Waals surface area contributed by atoms with Crippen molar-refractivity contribution in [2.24, 2.45) is 4.99 Å². The number of hydrogen-bond acceptors (Lipinski definition) is 5. The molecule has 0 radical (unpaired) electrons. The fourth-order valence-electron chi connectivity index (χ4n) is 1.05. The molecule has 0 aliphatic carbocycles. The molecule has 1 rings (SSSR count). The van der Waals surface area contributed by atoms with Crippen LogP contribution in [0.4, 0.5) is 0 Å². The van der Waals surface area contributed by atoms with E-state index < -0.39 is 6.04 Å². The number of ether oxygens (including phenoxy) is 1. The van der Waals surface area contributed by atoms with Crippen LogP contribution >= 0.6 is 11.8 Å². The molecule has 0 saturated carbocycles. The van der Waals surface area contributed by atoms with Gasteiger partial charge in [-0.05, 0) is 6.92 Å². The minimum Gasteiger partial charge on any atom is -0.507 e. The van der Waals surface area contributed by atoms with Gasteiger partial charge >= 0.3 is 5.97 Å². The molecule has 0 saturated heterocycles. The molecule has 1 N–H and O–H groups in total. The third-order valence-electron chi connectivity index (χ3n) is 1.72. The van der Waals surface area contributed by atoms with Gasteiger partial charge in [0.1, 0.15) is 5.76 Å². The Hall–Kier alpha value is -0.970. The van der Waals surface area contributed by atoms with Crippen LogP contribution in [-0.2, 0) is 9.53 Å². The molecule has 0 fully saturated rings. The minimum absolute atomic E-state index is 0.0634. The molecule has 1 aliphatic rings. The number of aliphatic hydroxyl groups is 1. The summed E-state index contributed by atoms with van der Waals surface area (Å²) >= 11 is 1.54. The number of thioether (sulfide) groups is 1. The van der Waals surface area contributed by atoms with E-state index in [4.69, 9.17) is 9.84 Å². The number of aliphatic hydroxyl groups excluding tert-OH is 1. The summed E-state index contributed by atoms with van der Waals surface area (Å²) in [7, 11) is 0. The summed E-state index contributed by atoms with van der Waals surface area (Å²) < 4.78 is 4.84. The molecule has 78 valence electrons. The summed E-state index contributed by atoms with van der Waals surface area (Å²) in [6, 6.07) is -0.493. The van der Waals surface area contributed by atoms with Gasteiger partial charge in [0.2, 0.25) is 0 Å². The standard InChI is InChI=1S/C9H13NO3S/c1-3-13-9(12)8-5-14-4-7(10-8)6(2)11/h8,11H,2-5H2,1H3/t8-/m1/s1. The first-order valence-corrected chi connectivity index (χ1v) is 5.50. The van der Waals surface area contributed by atoms with Crippen LogP contribution in [-0.4, -0.2) is 40.9 Å². The Bertz CT molecular complexity index is 275. The van der Waals surface area contributed by atoms with E-state index in [1.807, 2.05) is 0 Å². The summed E-state index contributed by atoms with van der Waals surface area (Å²) in [6.07, 6.45) is 0. The SMILES string of the molecule is C=C(O)C1=N[C@@H](C(=O)OCC)CSC1. The number of rotatable bonds is 3. The van der Waals surface area contributed by atoms with Crippen molar-refractivity contribution in [3.63, 3.8) is 0 Å². The van der Waals surface area contributed by atoms with E-state index in [0.29, 0.717) is 23.8 Å². The maximum atomic E-state index is 11.3. The summed E-state index contributed by atoms with van der Waals surface area (Å²) in [4.78, 5) is 15.4. The molecule has 0 aromatic heterocycles. The molecule has 1 heterocycles. The molecule has 0 amide bonds.